The Kier molecular flexibility index (Phi) is 9.86. The van der Waals surface area contributed by atoms with Crippen LogP contribution in [-0.4, -0.2) is 48.2 Å². The van der Waals surface area contributed by atoms with Gasteiger partial charge in [0.15, 0.2) is 0 Å². The van der Waals surface area contributed by atoms with Crippen molar-refractivity contribution >= 4 is 10.1 Å². The van der Waals surface area contributed by atoms with E-state index in [-0.39, 0.29) is 18.9 Å². The van der Waals surface area contributed by atoms with Gasteiger partial charge in [0.1, 0.15) is 0 Å². The van der Waals surface area contributed by atoms with Gasteiger partial charge in [-0.1, -0.05) is 6.92 Å². The summed E-state index contributed by atoms with van der Waals surface area (Å²) < 4.78 is 27.6. The van der Waals surface area contributed by atoms with Gasteiger partial charge in [-0.05, 0) is 6.42 Å². The lowest BCUT2D eigenvalue weighted by Gasteiger charge is -1.97. The number of aliphatic hydroxyl groups excluding tert-OH is 2. The third-order valence-electron chi connectivity index (χ3n) is 0.945. The first-order valence-corrected chi connectivity index (χ1v) is 5.42. The summed E-state index contributed by atoms with van der Waals surface area (Å²) >= 11 is 0. The Morgan fingerprint density at radius 3 is 1.92 bits per heavy atom. The minimum atomic E-state index is -3.67. The highest BCUT2D eigenvalue weighted by molar-refractivity contribution is 7.85. The maximum atomic E-state index is 9.79. The second-order valence-electron chi connectivity index (χ2n) is 2.36. The van der Waals surface area contributed by atoms with E-state index in [1.165, 1.54) is 0 Å². The van der Waals surface area contributed by atoms with E-state index in [4.69, 9.17) is 20.5 Å². The first-order chi connectivity index (χ1) is 5.87. The Hall–Kier alpha value is -0.210. The van der Waals surface area contributed by atoms with Crippen LogP contribution in [0.4, 0.5) is 0 Å². The smallest absolute Gasteiger partial charge is 0.264 e. The molecule has 0 aromatic rings. The first kappa shape index (κ1) is 15.3. The fraction of sp³-hybridized carbons (Fsp3) is 1.00. The van der Waals surface area contributed by atoms with E-state index in [9.17, 15) is 8.42 Å². The molecule has 0 saturated heterocycles. The zero-order valence-corrected chi connectivity index (χ0v) is 8.37. The van der Waals surface area contributed by atoms with Crippen LogP contribution in [0.3, 0.4) is 0 Å². The molecule has 0 aliphatic heterocycles. The summed E-state index contributed by atoms with van der Waals surface area (Å²) in [5, 5.41) is 16.3. The Balaban J connectivity index is 0. The molecule has 1 unspecified atom stereocenters. The Labute approximate surface area is 78.1 Å². The molecule has 0 aliphatic carbocycles. The molecular weight excluding hydrogens is 198 g/mol. The van der Waals surface area contributed by atoms with Gasteiger partial charge in [-0.2, -0.15) is 8.42 Å². The summed E-state index contributed by atoms with van der Waals surface area (Å²) in [7, 11) is -3.67. The fourth-order valence-electron chi connectivity index (χ4n) is 0.332. The van der Waals surface area contributed by atoms with Crippen LogP contribution < -0.4 is 5.73 Å². The van der Waals surface area contributed by atoms with E-state index >= 15 is 0 Å². The van der Waals surface area contributed by atoms with Gasteiger partial charge in [-0.25, -0.2) is 0 Å². The van der Waals surface area contributed by atoms with Gasteiger partial charge in [-0.15, -0.1) is 0 Å². The highest BCUT2D eigenvalue weighted by Crippen LogP contribution is 1.83. The molecule has 0 spiro atoms. The van der Waals surface area contributed by atoms with Crippen LogP contribution in [0.15, 0.2) is 0 Å². The third-order valence-corrected chi connectivity index (χ3v) is 1.87. The van der Waals surface area contributed by atoms with E-state index in [0.29, 0.717) is 6.42 Å². The molecule has 0 saturated carbocycles. The van der Waals surface area contributed by atoms with E-state index in [1.54, 1.807) is 6.92 Å². The summed E-state index contributed by atoms with van der Waals surface area (Å²) in [6.07, 6.45) is -0.260. The van der Waals surface area contributed by atoms with Gasteiger partial charge < -0.3 is 15.9 Å². The van der Waals surface area contributed by atoms with Crippen molar-refractivity contribution in [1.29, 1.82) is 0 Å². The Morgan fingerprint density at radius 1 is 1.46 bits per heavy atom. The van der Waals surface area contributed by atoms with Crippen LogP contribution in [0, 0.1) is 0 Å². The standard InChI is InChI=1S/C3H9NO2.C3H8O3S/c4-1-3(6)2-5;1-2-3-7(4,5)6/h3,5-6H,1-2,4H2;2-3H2,1H3,(H,4,5,6). The molecule has 0 heterocycles. The Bertz CT molecular complexity index is 187. The van der Waals surface area contributed by atoms with Gasteiger partial charge in [0.2, 0.25) is 0 Å². The first-order valence-electron chi connectivity index (χ1n) is 3.81. The fourth-order valence-corrected chi connectivity index (χ4v) is 0.848. The van der Waals surface area contributed by atoms with Crippen LogP contribution in [0.25, 0.3) is 0 Å². The minimum Gasteiger partial charge on any atom is -0.394 e. The number of nitrogens with two attached hydrogens (primary N) is 1. The van der Waals surface area contributed by atoms with Crippen LogP contribution in [0.5, 0.6) is 0 Å². The molecule has 5 N–H and O–H groups in total. The molecular formula is C6H17NO5S. The van der Waals surface area contributed by atoms with Crippen molar-refractivity contribution in [3.8, 4) is 0 Å². The van der Waals surface area contributed by atoms with Crippen molar-refractivity contribution in [2.24, 2.45) is 5.73 Å². The van der Waals surface area contributed by atoms with Crippen LogP contribution in [0.1, 0.15) is 13.3 Å². The molecule has 1 atom stereocenters. The molecule has 0 aromatic heterocycles. The van der Waals surface area contributed by atoms with Gasteiger partial charge in [-0.3, -0.25) is 4.55 Å². The number of rotatable bonds is 4. The zero-order chi connectivity index (χ0) is 10.9. The highest BCUT2D eigenvalue weighted by atomic mass is 32.2. The highest BCUT2D eigenvalue weighted by Gasteiger charge is 1.98. The lowest BCUT2D eigenvalue weighted by Crippen LogP contribution is -2.22. The second kappa shape index (κ2) is 8.39. The minimum absolute atomic E-state index is 0.132. The molecule has 7 heteroatoms. The van der Waals surface area contributed by atoms with Crippen molar-refractivity contribution in [1.82, 2.24) is 0 Å². The topological polar surface area (TPSA) is 121 Å². The lowest BCUT2D eigenvalue weighted by atomic mass is 10.4. The van der Waals surface area contributed by atoms with E-state index in [2.05, 4.69) is 0 Å². The average molecular weight is 215 g/mol. The predicted octanol–water partition coefficient (Wildman–Crippen LogP) is -1.42. The van der Waals surface area contributed by atoms with Crippen LogP contribution in [-0.2, 0) is 10.1 Å². The van der Waals surface area contributed by atoms with Crippen molar-refractivity contribution in [3.63, 3.8) is 0 Å². The summed E-state index contributed by atoms with van der Waals surface area (Å²) in [6, 6.07) is 0. The second-order valence-corrected chi connectivity index (χ2v) is 3.93. The number of hydrogen-bond acceptors (Lipinski definition) is 5. The number of aliphatic hydroxyl groups is 2. The van der Waals surface area contributed by atoms with E-state index in [0.717, 1.165) is 0 Å². The molecule has 0 rings (SSSR count). The normalized spacial score (nSPS) is 13.0. The van der Waals surface area contributed by atoms with Gasteiger partial charge in [0.05, 0.1) is 18.5 Å². The van der Waals surface area contributed by atoms with Crippen LogP contribution in [0.2, 0.25) is 0 Å². The van der Waals surface area contributed by atoms with Crippen LogP contribution >= 0.6 is 0 Å². The molecule has 6 nitrogen and oxygen atoms in total. The van der Waals surface area contributed by atoms with Crippen molar-refractivity contribution in [2.45, 2.75) is 19.4 Å². The number of hydrogen-bond donors (Lipinski definition) is 4. The molecule has 0 aromatic carbocycles. The molecule has 82 valence electrons. The van der Waals surface area contributed by atoms with Crippen molar-refractivity contribution in [3.05, 3.63) is 0 Å². The largest absolute Gasteiger partial charge is 0.394 e. The summed E-state index contributed by atoms with van der Waals surface area (Å²) in [5.74, 6) is -0.132. The molecule has 0 bridgehead atoms. The SMILES string of the molecule is CCCS(=O)(=O)O.NCC(O)CO. The zero-order valence-electron chi connectivity index (χ0n) is 7.55. The quantitative estimate of drug-likeness (QED) is 0.427. The maximum Gasteiger partial charge on any atom is 0.264 e. The average Bonchev–Trinajstić information content (AvgIpc) is 2.02. The monoisotopic (exact) mass is 215 g/mol. The maximum absolute atomic E-state index is 9.79. The molecule has 0 aliphatic rings. The molecule has 0 fully saturated rings. The van der Waals surface area contributed by atoms with Crippen molar-refractivity contribution < 1.29 is 23.2 Å². The van der Waals surface area contributed by atoms with Gasteiger partial charge in [0, 0.05) is 6.54 Å². The molecule has 0 radical (unpaired) electrons. The molecule has 0 amide bonds. The van der Waals surface area contributed by atoms with Gasteiger partial charge >= 0.3 is 0 Å². The van der Waals surface area contributed by atoms with E-state index < -0.39 is 16.2 Å². The predicted molar refractivity (Wildman–Crippen MR) is 48.9 cm³/mol. The van der Waals surface area contributed by atoms with E-state index in [1.807, 2.05) is 0 Å². The third kappa shape index (κ3) is 18.6. The summed E-state index contributed by atoms with van der Waals surface area (Å²) in [5.41, 5.74) is 4.87. The summed E-state index contributed by atoms with van der Waals surface area (Å²) in [6.45, 7) is 1.58. The lowest BCUT2D eigenvalue weighted by molar-refractivity contribution is 0.102. The molecule has 13 heavy (non-hydrogen) atoms. The van der Waals surface area contributed by atoms with Gasteiger partial charge in [0.25, 0.3) is 10.1 Å². The Morgan fingerprint density at radius 2 is 1.92 bits per heavy atom. The summed E-state index contributed by atoms with van der Waals surface area (Å²) in [4.78, 5) is 0. The van der Waals surface area contributed by atoms with Crippen molar-refractivity contribution in [2.75, 3.05) is 18.9 Å².